The summed E-state index contributed by atoms with van der Waals surface area (Å²) >= 11 is 5.85. The summed E-state index contributed by atoms with van der Waals surface area (Å²) in [6.45, 7) is 0. The van der Waals surface area contributed by atoms with Crippen molar-refractivity contribution >= 4 is 23.1 Å². The van der Waals surface area contributed by atoms with Gasteiger partial charge in [0.2, 0.25) is 0 Å². The first kappa shape index (κ1) is 12.6. The third-order valence-corrected chi connectivity index (χ3v) is 3.11. The second-order valence-electron chi connectivity index (χ2n) is 4.21. The molecule has 4 nitrogen and oxygen atoms in total. The van der Waals surface area contributed by atoms with Gasteiger partial charge in [0.1, 0.15) is 5.82 Å². The van der Waals surface area contributed by atoms with Crippen molar-refractivity contribution in [3.05, 3.63) is 59.0 Å². The third-order valence-electron chi connectivity index (χ3n) is 2.92. The van der Waals surface area contributed by atoms with E-state index in [2.05, 4.69) is 5.10 Å². The lowest BCUT2D eigenvalue weighted by atomic mass is 10.1. The molecule has 3 rings (SSSR count). The Morgan fingerprint density at radius 3 is 2.75 bits per heavy atom. The van der Waals surface area contributed by atoms with Crippen molar-refractivity contribution in [3.63, 3.8) is 0 Å². The van der Waals surface area contributed by atoms with Crippen LogP contribution in [0.1, 0.15) is 10.4 Å². The van der Waals surface area contributed by atoms with Crippen LogP contribution in [0.5, 0.6) is 0 Å². The van der Waals surface area contributed by atoms with Gasteiger partial charge in [-0.15, -0.1) is 0 Å². The molecule has 0 aliphatic heterocycles. The van der Waals surface area contributed by atoms with Crippen LogP contribution in [0.4, 0.5) is 4.39 Å². The van der Waals surface area contributed by atoms with Gasteiger partial charge >= 0.3 is 5.97 Å². The average Bonchev–Trinajstić information content (AvgIpc) is 2.77. The summed E-state index contributed by atoms with van der Waals surface area (Å²) in [6.07, 6.45) is 0. The normalized spacial score (nSPS) is 10.9. The van der Waals surface area contributed by atoms with E-state index >= 15 is 0 Å². The summed E-state index contributed by atoms with van der Waals surface area (Å²) < 4.78 is 14.8. The van der Waals surface area contributed by atoms with Crippen LogP contribution in [0.2, 0.25) is 5.15 Å². The number of aromatic carboxylic acids is 1. The van der Waals surface area contributed by atoms with Crippen LogP contribution >= 0.6 is 11.6 Å². The Morgan fingerprint density at radius 1 is 1.25 bits per heavy atom. The van der Waals surface area contributed by atoms with E-state index in [4.69, 9.17) is 11.6 Å². The van der Waals surface area contributed by atoms with Gasteiger partial charge in [-0.3, -0.25) is 0 Å². The predicted octanol–water partition coefficient (Wildman–Crippen LogP) is 3.49. The highest BCUT2D eigenvalue weighted by atomic mass is 35.5. The molecule has 0 saturated carbocycles. The Hall–Kier alpha value is -2.40. The fraction of sp³-hybridized carbons (Fsp3) is 0. The molecule has 1 N–H and O–H groups in total. The Morgan fingerprint density at radius 2 is 2.05 bits per heavy atom. The van der Waals surface area contributed by atoms with Crippen LogP contribution in [0.3, 0.4) is 0 Å². The summed E-state index contributed by atoms with van der Waals surface area (Å²) in [6, 6.07) is 10.4. The van der Waals surface area contributed by atoms with Crippen molar-refractivity contribution in [2.24, 2.45) is 0 Å². The van der Waals surface area contributed by atoms with Gasteiger partial charge in [-0.1, -0.05) is 23.7 Å². The van der Waals surface area contributed by atoms with Crippen LogP contribution in [-0.2, 0) is 0 Å². The summed E-state index contributed by atoms with van der Waals surface area (Å²) in [5, 5.41) is 13.6. The first-order valence-corrected chi connectivity index (χ1v) is 6.11. The van der Waals surface area contributed by atoms with Gasteiger partial charge in [0.25, 0.3) is 0 Å². The minimum Gasteiger partial charge on any atom is -0.478 e. The molecule has 0 aliphatic carbocycles. The monoisotopic (exact) mass is 290 g/mol. The number of hydrogen-bond donors (Lipinski definition) is 1. The molecule has 0 amide bonds. The van der Waals surface area contributed by atoms with Gasteiger partial charge in [-0.25, -0.2) is 13.7 Å². The minimum absolute atomic E-state index is 0.0304. The van der Waals surface area contributed by atoms with Crippen molar-refractivity contribution in [1.82, 2.24) is 9.61 Å². The number of carboxylic acid groups (broad SMARTS) is 1. The van der Waals surface area contributed by atoms with Crippen molar-refractivity contribution in [2.75, 3.05) is 0 Å². The lowest BCUT2D eigenvalue weighted by Gasteiger charge is -2.09. The molecule has 0 radical (unpaired) electrons. The first-order valence-electron chi connectivity index (χ1n) is 5.74. The first-order chi connectivity index (χ1) is 9.56. The number of halogens is 2. The molecular weight excluding hydrogens is 283 g/mol. The molecule has 0 saturated heterocycles. The standard InChI is InChI=1S/C14H8ClFN2O2/c15-12-7-10-4-5-11(14(19)20)13(18(10)17-12)8-2-1-3-9(16)6-8/h1-7H,(H,19,20). The maximum atomic E-state index is 13.4. The second kappa shape index (κ2) is 4.61. The number of fused-ring (bicyclic) bond motifs is 1. The zero-order valence-electron chi connectivity index (χ0n) is 10.0. The number of benzene rings is 1. The molecule has 3 aromatic rings. The van der Waals surface area contributed by atoms with Crippen molar-refractivity contribution < 1.29 is 14.3 Å². The molecule has 2 heterocycles. The van der Waals surface area contributed by atoms with E-state index in [-0.39, 0.29) is 10.7 Å². The average molecular weight is 291 g/mol. The molecule has 0 fully saturated rings. The van der Waals surface area contributed by atoms with Gasteiger partial charge in [-0.2, -0.15) is 5.10 Å². The quantitative estimate of drug-likeness (QED) is 0.786. The number of nitrogens with zero attached hydrogens (tertiary/aromatic N) is 2. The van der Waals surface area contributed by atoms with Gasteiger partial charge in [0, 0.05) is 11.6 Å². The molecule has 0 bridgehead atoms. The van der Waals surface area contributed by atoms with E-state index in [1.54, 1.807) is 18.2 Å². The number of aromatic nitrogens is 2. The SMILES string of the molecule is O=C(O)c1ccc2cc(Cl)nn2c1-c1cccc(F)c1. The predicted molar refractivity (Wildman–Crippen MR) is 72.6 cm³/mol. The molecular formula is C14H8ClFN2O2. The van der Waals surface area contributed by atoms with E-state index in [1.165, 1.54) is 28.8 Å². The fourth-order valence-electron chi connectivity index (χ4n) is 2.11. The number of rotatable bonds is 2. The van der Waals surface area contributed by atoms with Gasteiger partial charge < -0.3 is 5.11 Å². The second-order valence-corrected chi connectivity index (χ2v) is 4.60. The van der Waals surface area contributed by atoms with E-state index < -0.39 is 11.8 Å². The summed E-state index contributed by atoms with van der Waals surface area (Å²) in [5.74, 6) is -1.56. The summed E-state index contributed by atoms with van der Waals surface area (Å²) in [5.41, 5.74) is 1.39. The van der Waals surface area contributed by atoms with Crippen molar-refractivity contribution in [2.45, 2.75) is 0 Å². The molecule has 6 heteroatoms. The van der Waals surface area contributed by atoms with E-state index in [0.29, 0.717) is 16.8 Å². The highest BCUT2D eigenvalue weighted by Gasteiger charge is 2.17. The zero-order chi connectivity index (χ0) is 14.3. The van der Waals surface area contributed by atoms with Gasteiger partial charge in [-0.05, 0) is 24.3 Å². The maximum absolute atomic E-state index is 13.4. The molecule has 0 spiro atoms. The molecule has 1 aromatic carbocycles. The van der Waals surface area contributed by atoms with E-state index in [0.717, 1.165) is 0 Å². The van der Waals surface area contributed by atoms with Crippen LogP contribution in [0.25, 0.3) is 16.8 Å². The minimum atomic E-state index is -1.11. The fourth-order valence-corrected chi connectivity index (χ4v) is 2.30. The Balaban J connectivity index is 2.41. The van der Waals surface area contributed by atoms with E-state index in [1.807, 2.05) is 0 Å². The number of hydrogen-bond acceptors (Lipinski definition) is 2. The Labute approximate surface area is 118 Å². The van der Waals surface area contributed by atoms with Gasteiger partial charge in [0.15, 0.2) is 5.15 Å². The molecule has 100 valence electrons. The van der Waals surface area contributed by atoms with Crippen LogP contribution < -0.4 is 0 Å². The Bertz CT molecular complexity index is 829. The largest absolute Gasteiger partial charge is 0.478 e. The topological polar surface area (TPSA) is 54.6 Å². The highest BCUT2D eigenvalue weighted by molar-refractivity contribution is 6.29. The third kappa shape index (κ3) is 2.02. The lowest BCUT2D eigenvalue weighted by Crippen LogP contribution is -2.05. The number of carboxylic acids is 1. The van der Waals surface area contributed by atoms with Crippen molar-refractivity contribution in [3.8, 4) is 11.3 Å². The number of carbonyl (C=O) groups is 1. The maximum Gasteiger partial charge on any atom is 0.337 e. The smallest absolute Gasteiger partial charge is 0.337 e. The lowest BCUT2D eigenvalue weighted by molar-refractivity contribution is 0.0697. The zero-order valence-corrected chi connectivity index (χ0v) is 10.8. The molecule has 20 heavy (non-hydrogen) atoms. The van der Waals surface area contributed by atoms with Gasteiger partial charge in [0.05, 0.1) is 16.8 Å². The Kier molecular flexibility index (Phi) is 2.91. The van der Waals surface area contributed by atoms with Crippen LogP contribution in [-0.4, -0.2) is 20.7 Å². The highest BCUT2D eigenvalue weighted by Crippen LogP contribution is 2.27. The summed E-state index contributed by atoms with van der Waals surface area (Å²) in [4.78, 5) is 11.4. The van der Waals surface area contributed by atoms with Crippen LogP contribution in [0, 0.1) is 5.82 Å². The van der Waals surface area contributed by atoms with Crippen molar-refractivity contribution in [1.29, 1.82) is 0 Å². The van der Waals surface area contributed by atoms with Crippen LogP contribution in [0.15, 0.2) is 42.5 Å². The van der Waals surface area contributed by atoms with E-state index in [9.17, 15) is 14.3 Å². The summed E-state index contributed by atoms with van der Waals surface area (Å²) in [7, 11) is 0. The number of pyridine rings is 1. The molecule has 2 aromatic heterocycles. The molecule has 0 atom stereocenters. The molecule has 0 unspecified atom stereocenters. The molecule has 0 aliphatic rings.